The van der Waals surface area contributed by atoms with Crippen LogP contribution >= 0.6 is 0 Å². The molecule has 2 N–H and O–H groups in total. The Balaban J connectivity index is 1.92. The summed E-state index contributed by atoms with van der Waals surface area (Å²) in [6, 6.07) is 1.91. The van der Waals surface area contributed by atoms with Crippen LogP contribution in [0.4, 0.5) is 11.6 Å². The van der Waals surface area contributed by atoms with Crippen molar-refractivity contribution in [2.45, 2.75) is 19.9 Å². The van der Waals surface area contributed by atoms with Crippen LogP contribution in [0.3, 0.4) is 0 Å². The zero-order valence-corrected chi connectivity index (χ0v) is 10.7. The van der Waals surface area contributed by atoms with Gasteiger partial charge in [0, 0.05) is 38.0 Å². The zero-order chi connectivity index (χ0) is 12.8. The maximum absolute atomic E-state index is 4.18. The first-order valence-electron chi connectivity index (χ1n) is 6.05. The molecular formula is C12H18N6. The quantitative estimate of drug-likeness (QED) is 0.811. The molecule has 0 fully saturated rings. The Morgan fingerprint density at radius 3 is 2.67 bits per heavy atom. The Labute approximate surface area is 106 Å². The summed E-state index contributed by atoms with van der Waals surface area (Å²) in [5, 5.41) is 10.6. The third kappa shape index (κ3) is 3.44. The summed E-state index contributed by atoms with van der Waals surface area (Å²) in [5.74, 6) is 1.66. The summed E-state index contributed by atoms with van der Waals surface area (Å²) in [6.07, 6.45) is 6.45. The number of nitrogens with one attached hydrogen (secondary N) is 2. The fourth-order valence-electron chi connectivity index (χ4n) is 1.56. The maximum atomic E-state index is 4.18. The molecule has 6 heteroatoms. The second-order valence-corrected chi connectivity index (χ2v) is 4.09. The molecule has 0 amide bonds. The molecule has 0 radical (unpaired) electrons. The second kappa shape index (κ2) is 6.00. The molecule has 2 heterocycles. The van der Waals surface area contributed by atoms with E-state index in [-0.39, 0.29) is 0 Å². The van der Waals surface area contributed by atoms with Crippen molar-refractivity contribution in [1.29, 1.82) is 0 Å². The van der Waals surface area contributed by atoms with Crippen LogP contribution in [0.5, 0.6) is 0 Å². The van der Waals surface area contributed by atoms with E-state index in [4.69, 9.17) is 0 Å². The minimum Gasteiger partial charge on any atom is -0.370 e. The van der Waals surface area contributed by atoms with E-state index in [9.17, 15) is 0 Å². The van der Waals surface area contributed by atoms with Crippen molar-refractivity contribution in [3.63, 3.8) is 0 Å². The molecule has 0 bridgehead atoms. The highest BCUT2D eigenvalue weighted by Crippen LogP contribution is 2.09. The van der Waals surface area contributed by atoms with Crippen LogP contribution in [0.1, 0.15) is 18.9 Å². The van der Waals surface area contributed by atoms with Crippen molar-refractivity contribution >= 4 is 11.6 Å². The molecule has 0 aliphatic heterocycles. The molecule has 0 aromatic carbocycles. The third-order valence-corrected chi connectivity index (χ3v) is 2.46. The number of hydrogen-bond donors (Lipinski definition) is 2. The van der Waals surface area contributed by atoms with Crippen molar-refractivity contribution in [2.24, 2.45) is 7.05 Å². The van der Waals surface area contributed by atoms with Crippen molar-refractivity contribution < 1.29 is 0 Å². The Bertz CT molecular complexity index is 493. The van der Waals surface area contributed by atoms with E-state index >= 15 is 0 Å². The molecule has 0 aliphatic carbocycles. The van der Waals surface area contributed by atoms with Gasteiger partial charge in [0.05, 0.1) is 6.20 Å². The van der Waals surface area contributed by atoms with Gasteiger partial charge in [0.25, 0.3) is 0 Å². The van der Waals surface area contributed by atoms with Crippen molar-refractivity contribution in [3.8, 4) is 0 Å². The second-order valence-electron chi connectivity index (χ2n) is 4.09. The van der Waals surface area contributed by atoms with E-state index in [0.29, 0.717) is 6.54 Å². The highest BCUT2D eigenvalue weighted by Gasteiger charge is 1.99. The van der Waals surface area contributed by atoms with Crippen molar-refractivity contribution in [1.82, 2.24) is 19.7 Å². The molecule has 0 aliphatic rings. The molecule has 96 valence electrons. The van der Waals surface area contributed by atoms with Crippen LogP contribution in [0.2, 0.25) is 0 Å². The molecule has 2 aromatic heterocycles. The van der Waals surface area contributed by atoms with E-state index in [2.05, 4.69) is 32.6 Å². The van der Waals surface area contributed by atoms with E-state index in [1.807, 2.05) is 25.5 Å². The number of rotatable bonds is 6. The van der Waals surface area contributed by atoms with Gasteiger partial charge in [-0.3, -0.25) is 4.68 Å². The topological polar surface area (TPSA) is 67.7 Å². The summed E-state index contributed by atoms with van der Waals surface area (Å²) in [5.41, 5.74) is 1.12. The van der Waals surface area contributed by atoms with Crippen LogP contribution in [0, 0.1) is 0 Å². The predicted molar refractivity (Wildman–Crippen MR) is 71.3 cm³/mol. The van der Waals surface area contributed by atoms with Gasteiger partial charge in [-0.15, -0.1) is 0 Å². The first-order valence-corrected chi connectivity index (χ1v) is 6.05. The molecule has 0 unspecified atom stereocenters. The van der Waals surface area contributed by atoms with Crippen LogP contribution in [0.15, 0.2) is 24.8 Å². The van der Waals surface area contributed by atoms with E-state index in [1.165, 1.54) is 0 Å². The molecule has 18 heavy (non-hydrogen) atoms. The lowest BCUT2D eigenvalue weighted by molar-refractivity contribution is 0.767. The zero-order valence-electron chi connectivity index (χ0n) is 10.7. The number of aromatic nitrogens is 4. The van der Waals surface area contributed by atoms with Gasteiger partial charge in [0.15, 0.2) is 0 Å². The van der Waals surface area contributed by atoms with Gasteiger partial charge < -0.3 is 10.6 Å². The lowest BCUT2D eigenvalue weighted by Crippen LogP contribution is -2.05. The molecule has 2 rings (SSSR count). The minimum absolute atomic E-state index is 0.706. The average Bonchev–Trinajstić information content (AvgIpc) is 2.80. The van der Waals surface area contributed by atoms with Gasteiger partial charge in [-0.1, -0.05) is 6.92 Å². The number of aryl methyl sites for hydroxylation is 1. The Hall–Kier alpha value is -2.11. The third-order valence-electron chi connectivity index (χ3n) is 2.46. The lowest BCUT2D eigenvalue weighted by Gasteiger charge is -2.06. The molecule has 0 spiro atoms. The summed E-state index contributed by atoms with van der Waals surface area (Å²) in [4.78, 5) is 8.34. The molecule has 6 nitrogen and oxygen atoms in total. The summed E-state index contributed by atoms with van der Waals surface area (Å²) in [7, 11) is 1.90. The Morgan fingerprint density at radius 2 is 2.00 bits per heavy atom. The normalized spacial score (nSPS) is 10.3. The number of hydrogen-bond acceptors (Lipinski definition) is 5. The molecular weight excluding hydrogens is 228 g/mol. The smallest absolute Gasteiger partial charge is 0.131 e. The largest absolute Gasteiger partial charge is 0.370 e. The van der Waals surface area contributed by atoms with Gasteiger partial charge >= 0.3 is 0 Å². The first-order chi connectivity index (χ1) is 8.78. The minimum atomic E-state index is 0.706. The molecule has 2 aromatic rings. The average molecular weight is 246 g/mol. The summed E-state index contributed by atoms with van der Waals surface area (Å²) in [6.45, 7) is 3.74. The fraction of sp³-hybridized carbons (Fsp3) is 0.417. The van der Waals surface area contributed by atoms with Gasteiger partial charge in [-0.05, 0) is 6.42 Å². The number of nitrogens with zero attached hydrogens (tertiary/aromatic N) is 4. The van der Waals surface area contributed by atoms with Gasteiger partial charge in [-0.25, -0.2) is 9.97 Å². The molecule has 0 atom stereocenters. The summed E-state index contributed by atoms with van der Waals surface area (Å²) < 4.78 is 1.78. The van der Waals surface area contributed by atoms with E-state index < -0.39 is 0 Å². The Kier molecular flexibility index (Phi) is 4.11. The van der Waals surface area contributed by atoms with Crippen LogP contribution in [-0.4, -0.2) is 26.3 Å². The van der Waals surface area contributed by atoms with Crippen LogP contribution in [-0.2, 0) is 13.6 Å². The van der Waals surface area contributed by atoms with Crippen molar-refractivity contribution in [3.05, 3.63) is 30.4 Å². The van der Waals surface area contributed by atoms with E-state index in [1.54, 1.807) is 11.0 Å². The SMILES string of the molecule is CCCNc1cc(NCc2cnn(C)c2)ncn1. The van der Waals surface area contributed by atoms with Crippen molar-refractivity contribution in [2.75, 3.05) is 17.2 Å². The summed E-state index contributed by atoms with van der Waals surface area (Å²) >= 11 is 0. The monoisotopic (exact) mass is 246 g/mol. The highest BCUT2D eigenvalue weighted by atomic mass is 15.2. The van der Waals surface area contributed by atoms with Crippen LogP contribution in [0.25, 0.3) is 0 Å². The van der Waals surface area contributed by atoms with E-state index in [0.717, 1.165) is 30.2 Å². The predicted octanol–water partition coefficient (Wildman–Crippen LogP) is 1.64. The van der Waals surface area contributed by atoms with Gasteiger partial charge in [0.2, 0.25) is 0 Å². The molecule has 0 saturated heterocycles. The van der Waals surface area contributed by atoms with Crippen LogP contribution < -0.4 is 10.6 Å². The standard InChI is InChI=1S/C12H18N6/c1-3-4-13-11-5-12(16-9-15-11)14-6-10-7-17-18(2)8-10/h5,7-9H,3-4,6H2,1-2H3,(H2,13,14,15,16). The lowest BCUT2D eigenvalue weighted by atomic mass is 10.3. The fourth-order valence-corrected chi connectivity index (χ4v) is 1.56. The van der Waals surface area contributed by atoms with Gasteiger partial charge in [0.1, 0.15) is 18.0 Å². The first kappa shape index (κ1) is 12.3. The Morgan fingerprint density at radius 1 is 1.22 bits per heavy atom. The molecule has 0 saturated carbocycles. The number of anilines is 2. The van der Waals surface area contributed by atoms with Gasteiger partial charge in [-0.2, -0.15) is 5.10 Å². The highest BCUT2D eigenvalue weighted by molar-refractivity contribution is 5.46. The maximum Gasteiger partial charge on any atom is 0.131 e.